The predicted octanol–water partition coefficient (Wildman–Crippen LogP) is 2.49. The molecule has 1 aliphatic carbocycles. The van der Waals surface area contributed by atoms with Crippen molar-refractivity contribution in [1.29, 1.82) is 0 Å². The lowest BCUT2D eigenvalue weighted by molar-refractivity contribution is 0.240. The number of likely N-dealkylation sites (N-methyl/N-ethyl adjacent to an activating group) is 1. The minimum absolute atomic E-state index is 0.663. The van der Waals surface area contributed by atoms with Crippen molar-refractivity contribution in [3.63, 3.8) is 0 Å². The molecule has 0 aromatic carbocycles. The smallest absolute Gasteiger partial charge is 0.0107 e. The Balaban J connectivity index is 2.13. The maximum atomic E-state index is 3.72. The molecule has 1 aliphatic rings. The molecule has 1 fully saturated rings. The molecule has 0 aliphatic heterocycles. The third-order valence-corrected chi connectivity index (χ3v) is 3.86. The second kappa shape index (κ2) is 6.49. The van der Waals surface area contributed by atoms with Crippen molar-refractivity contribution in [2.24, 2.45) is 5.92 Å². The quantitative estimate of drug-likeness (QED) is 0.753. The summed E-state index contributed by atoms with van der Waals surface area (Å²) in [6.07, 6.45) is 5.65. The van der Waals surface area contributed by atoms with Crippen LogP contribution in [0.1, 0.15) is 46.5 Å². The summed E-state index contributed by atoms with van der Waals surface area (Å²) in [7, 11) is 2.21. The third kappa shape index (κ3) is 4.52. The molecule has 2 atom stereocenters. The predicted molar refractivity (Wildman–Crippen MR) is 67.2 cm³/mol. The van der Waals surface area contributed by atoms with E-state index in [1.165, 1.54) is 32.2 Å². The molecule has 0 heterocycles. The Morgan fingerprint density at radius 2 is 1.93 bits per heavy atom. The SMILES string of the molecule is CC1CCCCC1NCCN(C)C(C)C. The van der Waals surface area contributed by atoms with Crippen molar-refractivity contribution >= 4 is 0 Å². The van der Waals surface area contributed by atoms with Crippen molar-refractivity contribution in [2.45, 2.75) is 58.5 Å². The standard InChI is InChI=1S/C13H28N2/c1-11(2)15(4)10-9-14-13-8-6-5-7-12(13)3/h11-14H,5-10H2,1-4H3. The minimum atomic E-state index is 0.663. The molecule has 0 amide bonds. The second-order valence-corrected chi connectivity index (χ2v) is 5.40. The highest BCUT2D eigenvalue weighted by Crippen LogP contribution is 2.23. The number of hydrogen-bond acceptors (Lipinski definition) is 2. The van der Waals surface area contributed by atoms with E-state index in [4.69, 9.17) is 0 Å². The first-order valence-corrected chi connectivity index (χ1v) is 6.55. The van der Waals surface area contributed by atoms with Gasteiger partial charge in [0.2, 0.25) is 0 Å². The number of nitrogens with zero attached hydrogens (tertiary/aromatic N) is 1. The van der Waals surface area contributed by atoms with Crippen LogP contribution in [-0.2, 0) is 0 Å². The Morgan fingerprint density at radius 3 is 2.53 bits per heavy atom. The van der Waals surface area contributed by atoms with Crippen LogP contribution < -0.4 is 5.32 Å². The van der Waals surface area contributed by atoms with E-state index < -0.39 is 0 Å². The summed E-state index contributed by atoms with van der Waals surface area (Å²) in [5.74, 6) is 0.878. The first-order chi connectivity index (χ1) is 7.11. The van der Waals surface area contributed by atoms with Crippen LogP contribution in [0.3, 0.4) is 0 Å². The average molecular weight is 212 g/mol. The number of hydrogen-bond donors (Lipinski definition) is 1. The summed E-state index contributed by atoms with van der Waals surface area (Å²) >= 11 is 0. The molecule has 0 aromatic rings. The van der Waals surface area contributed by atoms with Gasteiger partial charge in [-0.3, -0.25) is 0 Å². The van der Waals surface area contributed by atoms with E-state index in [9.17, 15) is 0 Å². The zero-order chi connectivity index (χ0) is 11.3. The Bertz CT molecular complexity index is 168. The van der Waals surface area contributed by atoms with Gasteiger partial charge in [0.15, 0.2) is 0 Å². The van der Waals surface area contributed by atoms with E-state index in [1.54, 1.807) is 0 Å². The van der Waals surface area contributed by atoms with E-state index in [-0.39, 0.29) is 0 Å². The second-order valence-electron chi connectivity index (χ2n) is 5.40. The van der Waals surface area contributed by atoms with Crippen molar-refractivity contribution in [1.82, 2.24) is 10.2 Å². The summed E-state index contributed by atoms with van der Waals surface area (Å²) in [5, 5.41) is 3.72. The van der Waals surface area contributed by atoms with Crippen LogP contribution in [-0.4, -0.2) is 37.1 Å². The largest absolute Gasteiger partial charge is 0.312 e. The molecular weight excluding hydrogens is 184 g/mol. The van der Waals surface area contributed by atoms with Gasteiger partial charge in [0.05, 0.1) is 0 Å². The van der Waals surface area contributed by atoms with Gasteiger partial charge in [-0.2, -0.15) is 0 Å². The molecule has 0 saturated heterocycles. The molecule has 2 unspecified atom stereocenters. The molecule has 0 radical (unpaired) electrons. The Hall–Kier alpha value is -0.0800. The van der Waals surface area contributed by atoms with Gasteiger partial charge in [0.1, 0.15) is 0 Å². The summed E-state index contributed by atoms with van der Waals surface area (Å²) in [6.45, 7) is 9.21. The lowest BCUT2D eigenvalue weighted by atomic mass is 9.86. The van der Waals surface area contributed by atoms with E-state index in [0.717, 1.165) is 18.5 Å². The zero-order valence-corrected chi connectivity index (χ0v) is 10.9. The molecule has 90 valence electrons. The average Bonchev–Trinajstić information content (AvgIpc) is 2.20. The van der Waals surface area contributed by atoms with Crippen molar-refractivity contribution in [3.8, 4) is 0 Å². The van der Waals surface area contributed by atoms with Crippen LogP contribution >= 0.6 is 0 Å². The normalized spacial score (nSPS) is 27.6. The van der Waals surface area contributed by atoms with Crippen molar-refractivity contribution in [2.75, 3.05) is 20.1 Å². The fourth-order valence-electron chi connectivity index (χ4n) is 2.30. The van der Waals surface area contributed by atoms with Crippen LogP contribution in [0, 0.1) is 5.92 Å². The van der Waals surface area contributed by atoms with Crippen LogP contribution in [0.25, 0.3) is 0 Å². The molecule has 1 rings (SSSR count). The highest BCUT2D eigenvalue weighted by molar-refractivity contribution is 4.78. The van der Waals surface area contributed by atoms with Gasteiger partial charge >= 0.3 is 0 Å². The van der Waals surface area contributed by atoms with Crippen molar-refractivity contribution < 1.29 is 0 Å². The lowest BCUT2D eigenvalue weighted by Crippen LogP contribution is -2.42. The summed E-state index contributed by atoms with van der Waals surface area (Å²) in [4.78, 5) is 2.40. The Morgan fingerprint density at radius 1 is 1.27 bits per heavy atom. The van der Waals surface area contributed by atoms with Crippen LogP contribution in [0.15, 0.2) is 0 Å². The Labute approximate surface area is 95.4 Å². The summed E-state index contributed by atoms with van der Waals surface area (Å²) in [5.41, 5.74) is 0. The number of rotatable bonds is 5. The van der Waals surface area contributed by atoms with Gasteiger partial charge in [0.25, 0.3) is 0 Å². The molecule has 2 nitrogen and oxygen atoms in total. The van der Waals surface area contributed by atoms with Gasteiger partial charge in [-0.05, 0) is 39.7 Å². The molecule has 1 saturated carbocycles. The first kappa shape index (κ1) is 13.0. The van der Waals surface area contributed by atoms with Crippen LogP contribution in [0.4, 0.5) is 0 Å². The molecule has 1 N–H and O–H groups in total. The van der Waals surface area contributed by atoms with Crippen LogP contribution in [0.2, 0.25) is 0 Å². The highest BCUT2D eigenvalue weighted by atomic mass is 15.1. The third-order valence-electron chi connectivity index (χ3n) is 3.86. The van der Waals surface area contributed by atoms with Gasteiger partial charge < -0.3 is 10.2 Å². The molecular formula is C13H28N2. The maximum absolute atomic E-state index is 3.72. The molecule has 15 heavy (non-hydrogen) atoms. The topological polar surface area (TPSA) is 15.3 Å². The van der Waals surface area contributed by atoms with E-state index >= 15 is 0 Å². The van der Waals surface area contributed by atoms with Gasteiger partial charge in [-0.25, -0.2) is 0 Å². The molecule has 0 aromatic heterocycles. The van der Waals surface area contributed by atoms with E-state index in [1.807, 2.05) is 0 Å². The fraction of sp³-hybridized carbons (Fsp3) is 1.00. The van der Waals surface area contributed by atoms with Gasteiger partial charge in [0, 0.05) is 25.2 Å². The van der Waals surface area contributed by atoms with Gasteiger partial charge in [-0.15, -0.1) is 0 Å². The highest BCUT2D eigenvalue weighted by Gasteiger charge is 2.20. The zero-order valence-electron chi connectivity index (χ0n) is 10.9. The summed E-state index contributed by atoms with van der Waals surface area (Å²) in [6, 6.07) is 1.44. The molecule has 2 heteroatoms. The maximum Gasteiger partial charge on any atom is 0.0107 e. The Kier molecular flexibility index (Phi) is 5.62. The van der Waals surface area contributed by atoms with Crippen molar-refractivity contribution in [3.05, 3.63) is 0 Å². The van der Waals surface area contributed by atoms with E-state index in [2.05, 4.69) is 38.0 Å². The monoisotopic (exact) mass is 212 g/mol. The molecule has 0 spiro atoms. The first-order valence-electron chi connectivity index (χ1n) is 6.55. The fourth-order valence-corrected chi connectivity index (χ4v) is 2.30. The van der Waals surface area contributed by atoms with Gasteiger partial charge in [-0.1, -0.05) is 19.8 Å². The van der Waals surface area contributed by atoms with Crippen LogP contribution in [0.5, 0.6) is 0 Å². The molecule has 0 bridgehead atoms. The summed E-state index contributed by atoms with van der Waals surface area (Å²) < 4.78 is 0. The number of nitrogens with one attached hydrogen (secondary N) is 1. The van der Waals surface area contributed by atoms with E-state index in [0.29, 0.717) is 6.04 Å². The lowest BCUT2D eigenvalue weighted by Gasteiger charge is -2.31. The minimum Gasteiger partial charge on any atom is -0.312 e.